The van der Waals surface area contributed by atoms with E-state index in [1.54, 1.807) is 6.08 Å². The van der Waals surface area contributed by atoms with Crippen molar-refractivity contribution >= 4 is 5.91 Å². The summed E-state index contributed by atoms with van der Waals surface area (Å²) in [6.07, 6.45) is 34.7. The molecule has 2 aliphatic rings. The lowest BCUT2D eigenvalue weighted by Crippen LogP contribution is -2.65. The lowest BCUT2D eigenvalue weighted by molar-refractivity contribution is -0.359. The lowest BCUT2D eigenvalue weighted by Gasteiger charge is -2.46. The van der Waals surface area contributed by atoms with Crippen molar-refractivity contribution in [3.63, 3.8) is 0 Å². The molecule has 0 saturated carbocycles. The van der Waals surface area contributed by atoms with E-state index in [1.807, 2.05) is 6.08 Å². The van der Waals surface area contributed by atoms with Crippen LogP contribution in [0.4, 0.5) is 0 Å². The number of carbonyl (C=O) groups excluding carboxylic acids is 1. The number of nitrogens with one attached hydrogen (secondary N) is 1. The van der Waals surface area contributed by atoms with Crippen LogP contribution < -0.4 is 5.32 Å². The van der Waals surface area contributed by atoms with Gasteiger partial charge in [0.05, 0.1) is 32.0 Å². The average Bonchev–Trinajstić information content (AvgIpc) is 3.34. The molecule has 0 aromatic carbocycles. The van der Waals surface area contributed by atoms with Gasteiger partial charge in [-0.25, -0.2) is 0 Å². The Labute approximate surface area is 408 Å². The first kappa shape index (κ1) is 61.3. The Morgan fingerprint density at radius 3 is 1.62 bits per heavy atom. The summed E-state index contributed by atoms with van der Waals surface area (Å²) in [5, 5.41) is 86.7. The second kappa shape index (κ2) is 39.8. The van der Waals surface area contributed by atoms with Gasteiger partial charge >= 0.3 is 0 Å². The summed E-state index contributed by atoms with van der Waals surface area (Å²) in [6, 6.07) is -0.949. The summed E-state index contributed by atoms with van der Waals surface area (Å²) in [4.78, 5) is 13.2. The highest BCUT2D eigenvalue weighted by Gasteiger charge is 2.51. The fourth-order valence-electron chi connectivity index (χ4n) is 7.84. The number of aliphatic hydroxyl groups is 8. The van der Waals surface area contributed by atoms with Crippen LogP contribution in [0.5, 0.6) is 0 Å². The molecule has 0 aliphatic carbocycles. The SMILES string of the molecule is CC/C=C\C/C=C\C/C=C\C/C=C\CCCCCCCCC(=O)NC(COC1OC(CO)C(OC2OC(CO)C(O)C(O)C2O)C(O)C1O)C(O)/C=C/CC/C=C/CC/C=C/CCCCCCC. The minimum atomic E-state index is -1.80. The van der Waals surface area contributed by atoms with Crippen LogP contribution in [0.2, 0.25) is 0 Å². The molecule has 0 radical (unpaired) electrons. The van der Waals surface area contributed by atoms with Crippen LogP contribution in [0.15, 0.2) is 85.1 Å². The Balaban J connectivity index is 1.87. The molecule has 12 unspecified atom stereocenters. The van der Waals surface area contributed by atoms with Crippen LogP contribution in [0.25, 0.3) is 0 Å². The smallest absolute Gasteiger partial charge is 0.220 e. The van der Waals surface area contributed by atoms with E-state index in [9.17, 15) is 45.6 Å². The number of unbranched alkanes of at least 4 members (excludes halogenated alkanes) is 13. The zero-order valence-corrected chi connectivity index (χ0v) is 41.3. The zero-order valence-electron chi connectivity index (χ0n) is 41.3. The molecule has 14 nitrogen and oxygen atoms in total. The second-order valence-corrected chi connectivity index (χ2v) is 17.9. The van der Waals surface area contributed by atoms with Crippen LogP contribution in [-0.2, 0) is 23.7 Å². The predicted octanol–water partition coefficient (Wildman–Crippen LogP) is 6.99. The molecule has 1 amide bonds. The molecule has 12 atom stereocenters. The van der Waals surface area contributed by atoms with Crippen molar-refractivity contribution in [2.75, 3.05) is 19.8 Å². The van der Waals surface area contributed by atoms with Crippen molar-refractivity contribution in [1.82, 2.24) is 5.32 Å². The van der Waals surface area contributed by atoms with E-state index in [-0.39, 0.29) is 18.9 Å². The van der Waals surface area contributed by atoms with Crippen molar-refractivity contribution in [2.24, 2.45) is 0 Å². The van der Waals surface area contributed by atoms with E-state index in [1.165, 1.54) is 32.1 Å². The Hall–Kier alpha value is -2.83. The highest BCUT2D eigenvalue weighted by Crippen LogP contribution is 2.30. The van der Waals surface area contributed by atoms with Gasteiger partial charge in [-0.15, -0.1) is 0 Å². The van der Waals surface area contributed by atoms with Gasteiger partial charge in [0.2, 0.25) is 5.91 Å². The molecule has 68 heavy (non-hydrogen) atoms. The molecule has 2 heterocycles. The molecule has 390 valence electrons. The average molecular weight is 962 g/mol. The minimum Gasteiger partial charge on any atom is -0.394 e. The van der Waals surface area contributed by atoms with E-state index in [2.05, 4.69) is 92.1 Å². The van der Waals surface area contributed by atoms with Crippen LogP contribution in [0.1, 0.15) is 155 Å². The number of hydrogen-bond donors (Lipinski definition) is 9. The molecule has 0 bridgehead atoms. The van der Waals surface area contributed by atoms with Gasteiger partial charge in [0.15, 0.2) is 12.6 Å². The van der Waals surface area contributed by atoms with Crippen LogP contribution in [-0.4, -0.2) is 140 Å². The van der Waals surface area contributed by atoms with Gasteiger partial charge in [-0.3, -0.25) is 4.79 Å². The Kier molecular flexibility index (Phi) is 35.9. The van der Waals surface area contributed by atoms with Crippen molar-refractivity contribution in [3.05, 3.63) is 85.1 Å². The van der Waals surface area contributed by atoms with E-state index in [0.717, 1.165) is 89.9 Å². The topological polar surface area (TPSA) is 228 Å². The van der Waals surface area contributed by atoms with Gasteiger partial charge in [-0.2, -0.15) is 0 Å². The molecular formula is C54H91NO13. The third kappa shape index (κ3) is 26.4. The standard InChI is InChI=1S/C54H91NO13/c1-3-5-7-9-11-13-15-17-19-20-21-22-24-26-28-30-32-34-36-38-46(59)55-42(43(58)37-35-33-31-29-27-25-23-18-16-14-12-10-8-6-4-2)41-65-53-51(64)49(62)52(45(40-57)67-53)68-54-50(63)48(61)47(60)44(39-56)66-54/h5,7,11,13,16-19,21-22,27,29,35,37,42-45,47-54,56-58,60-64H,3-4,6,8-10,12,14-15,20,23-26,28,30-34,36,38-41H2,1-2H3,(H,55,59)/b7-5-,13-11-,18-16+,19-17-,22-21-,29-27+,37-35+. The Bertz CT molecular complexity index is 1460. The van der Waals surface area contributed by atoms with Crippen LogP contribution in [0.3, 0.4) is 0 Å². The third-order valence-electron chi connectivity index (χ3n) is 12.0. The number of carbonyl (C=O) groups is 1. The third-order valence-corrected chi connectivity index (χ3v) is 12.0. The molecule has 0 aromatic rings. The maximum atomic E-state index is 13.2. The fraction of sp³-hybridized carbons (Fsp3) is 0.722. The monoisotopic (exact) mass is 962 g/mol. The molecule has 2 fully saturated rings. The summed E-state index contributed by atoms with van der Waals surface area (Å²) in [5.74, 6) is -0.273. The molecule has 0 spiro atoms. The number of hydrogen-bond acceptors (Lipinski definition) is 13. The van der Waals surface area contributed by atoms with Gasteiger partial charge in [0, 0.05) is 6.42 Å². The molecule has 0 aromatic heterocycles. The lowest BCUT2D eigenvalue weighted by atomic mass is 9.97. The summed E-state index contributed by atoms with van der Waals surface area (Å²) in [7, 11) is 0. The number of rotatable bonds is 38. The summed E-state index contributed by atoms with van der Waals surface area (Å²) < 4.78 is 22.7. The Morgan fingerprint density at radius 2 is 1.03 bits per heavy atom. The summed E-state index contributed by atoms with van der Waals surface area (Å²) in [5.41, 5.74) is 0. The Morgan fingerprint density at radius 1 is 0.544 bits per heavy atom. The first-order valence-electron chi connectivity index (χ1n) is 25.8. The van der Waals surface area contributed by atoms with Crippen LogP contribution in [0, 0.1) is 0 Å². The first-order chi connectivity index (χ1) is 33.1. The van der Waals surface area contributed by atoms with E-state index < -0.39 is 86.8 Å². The molecular weight excluding hydrogens is 871 g/mol. The first-order valence-corrected chi connectivity index (χ1v) is 25.8. The number of amides is 1. The summed E-state index contributed by atoms with van der Waals surface area (Å²) in [6.45, 7) is 2.60. The number of aliphatic hydroxyl groups excluding tert-OH is 8. The second-order valence-electron chi connectivity index (χ2n) is 17.9. The number of ether oxygens (including phenoxy) is 4. The van der Waals surface area contributed by atoms with Gasteiger partial charge in [-0.05, 0) is 83.5 Å². The van der Waals surface area contributed by atoms with E-state index >= 15 is 0 Å². The van der Waals surface area contributed by atoms with Crippen molar-refractivity contribution in [3.8, 4) is 0 Å². The van der Waals surface area contributed by atoms with Crippen molar-refractivity contribution < 1.29 is 64.6 Å². The molecule has 14 heteroatoms. The van der Waals surface area contributed by atoms with Gasteiger partial charge in [0.1, 0.15) is 48.8 Å². The molecule has 9 N–H and O–H groups in total. The van der Waals surface area contributed by atoms with Gasteiger partial charge < -0.3 is 65.1 Å². The fourth-order valence-corrected chi connectivity index (χ4v) is 7.84. The molecule has 2 rings (SSSR count). The maximum absolute atomic E-state index is 13.2. The quantitative estimate of drug-likeness (QED) is 0.0225. The summed E-state index contributed by atoms with van der Waals surface area (Å²) >= 11 is 0. The van der Waals surface area contributed by atoms with Crippen molar-refractivity contribution in [1.29, 1.82) is 0 Å². The largest absolute Gasteiger partial charge is 0.394 e. The highest BCUT2D eigenvalue weighted by molar-refractivity contribution is 5.76. The maximum Gasteiger partial charge on any atom is 0.220 e. The zero-order chi connectivity index (χ0) is 49.6. The van der Waals surface area contributed by atoms with Gasteiger partial charge in [-0.1, -0.05) is 150 Å². The van der Waals surface area contributed by atoms with E-state index in [4.69, 9.17) is 18.9 Å². The van der Waals surface area contributed by atoms with E-state index in [0.29, 0.717) is 12.8 Å². The molecule has 2 aliphatic heterocycles. The number of allylic oxidation sites excluding steroid dienone is 13. The normalized spacial score (nSPS) is 27.1. The van der Waals surface area contributed by atoms with Crippen molar-refractivity contribution in [2.45, 2.75) is 229 Å². The van der Waals surface area contributed by atoms with Crippen LogP contribution >= 0.6 is 0 Å². The minimum absolute atomic E-state index is 0.249. The van der Waals surface area contributed by atoms with Gasteiger partial charge in [0.25, 0.3) is 0 Å². The molecule has 2 saturated heterocycles. The predicted molar refractivity (Wildman–Crippen MR) is 267 cm³/mol. The highest BCUT2D eigenvalue weighted by atomic mass is 16.7.